The van der Waals surface area contributed by atoms with Gasteiger partial charge in [0.1, 0.15) is 12.4 Å². The molecule has 0 spiro atoms. The lowest BCUT2D eigenvalue weighted by Gasteiger charge is -2.30. The molecule has 1 aliphatic carbocycles. The molecule has 2 rings (SSSR count). The van der Waals surface area contributed by atoms with E-state index >= 15 is 0 Å². The smallest absolute Gasteiger partial charge is 0.411 e. The van der Waals surface area contributed by atoms with Crippen LogP contribution in [-0.4, -0.2) is 49.5 Å². The number of nitrogens with one attached hydrogen (secondary N) is 1. The van der Waals surface area contributed by atoms with Crippen molar-refractivity contribution in [3.8, 4) is 5.75 Å². The fourth-order valence-corrected chi connectivity index (χ4v) is 3.37. The van der Waals surface area contributed by atoms with Crippen molar-refractivity contribution in [2.24, 2.45) is 0 Å². The lowest BCUT2D eigenvalue weighted by Crippen LogP contribution is -2.36. The highest BCUT2D eigenvalue weighted by Gasteiger charge is 2.18. The number of likely N-dealkylation sites (N-methyl/N-ethyl adjacent to an activating group) is 1. The third-order valence-electron chi connectivity index (χ3n) is 4.65. The number of hydrogen-bond acceptors (Lipinski definition) is 5. The number of carbonyl (C=O) groups excluding carboxylic acids is 1. The maximum Gasteiger partial charge on any atom is 0.411 e. The Morgan fingerprint density at radius 1 is 1.36 bits per heavy atom. The topological polar surface area (TPSA) is 71.0 Å². The summed E-state index contributed by atoms with van der Waals surface area (Å²) in [4.78, 5) is 14.2. The van der Waals surface area contributed by atoms with Crippen molar-refractivity contribution >= 4 is 23.4 Å². The SMILES string of the molecule is COc1cc(NC(=O)OCCN(C)C2CCCCC2)c(Cl)cc1CO. The van der Waals surface area contributed by atoms with Crippen LogP contribution in [0.4, 0.5) is 10.5 Å². The zero-order valence-electron chi connectivity index (χ0n) is 14.9. The second-order valence-electron chi connectivity index (χ2n) is 6.34. The lowest BCUT2D eigenvalue weighted by molar-refractivity contribution is 0.123. The van der Waals surface area contributed by atoms with E-state index in [2.05, 4.69) is 17.3 Å². The molecule has 1 amide bonds. The molecule has 0 aliphatic heterocycles. The van der Waals surface area contributed by atoms with E-state index in [1.807, 2.05) is 0 Å². The number of halogens is 1. The molecule has 0 atom stereocenters. The van der Waals surface area contributed by atoms with E-state index in [1.54, 1.807) is 12.1 Å². The first-order chi connectivity index (χ1) is 12.0. The van der Waals surface area contributed by atoms with Gasteiger partial charge in [-0.2, -0.15) is 0 Å². The van der Waals surface area contributed by atoms with E-state index < -0.39 is 6.09 Å². The summed E-state index contributed by atoms with van der Waals surface area (Å²) in [5.41, 5.74) is 0.946. The van der Waals surface area contributed by atoms with Gasteiger partial charge < -0.3 is 19.5 Å². The molecule has 0 radical (unpaired) electrons. The zero-order chi connectivity index (χ0) is 18.2. The van der Waals surface area contributed by atoms with E-state index in [0.29, 0.717) is 41.2 Å². The first-order valence-electron chi connectivity index (χ1n) is 8.66. The minimum absolute atomic E-state index is 0.193. The molecule has 0 unspecified atom stereocenters. The van der Waals surface area contributed by atoms with Gasteiger partial charge in [0.2, 0.25) is 0 Å². The number of amides is 1. The zero-order valence-corrected chi connectivity index (χ0v) is 15.6. The van der Waals surface area contributed by atoms with Gasteiger partial charge in [-0.1, -0.05) is 30.9 Å². The van der Waals surface area contributed by atoms with Crippen molar-refractivity contribution in [2.75, 3.05) is 32.6 Å². The number of methoxy groups -OCH3 is 1. The molecular formula is C18H27ClN2O4. The second kappa shape index (κ2) is 9.85. The third-order valence-corrected chi connectivity index (χ3v) is 4.97. The predicted molar refractivity (Wildman–Crippen MR) is 98.4 cm³/mol. The molecule has 2 N–H and O–H groups in total. The number of hydrogen-bond donors (Lipinski definition) is 2. The van der Waals surface area contributed by atoms with Crippen molar-refractivity contribution < 1.29 is 19.4 Å². The van der Waals surface area contributed by atoms with Gasteiger partial charge in [0.05, 0.1) is 24.4 Å². The van der Waals surface area contributed by atoms with Gasteiger partial charge in [-0.25, -0.2) is 4.79 Å². The fourth-order valence-electron chi connectivity index (χ4n) is 3.14. The summed E-state index contributed by atoms with van der Waals surface area (Å²) in [5, 5.41) is 12.2. The molecule has 0 aromatic heterocycles. The fraction of sp³-hybridized carbons (Fsp3) is 0.611. The molecule has 6 nitrogen and oxygen atoms in total. The number of anilines is 1. The Kier molecular flexibility index (Phi) is 7.81. The van der Waals surface area contributed by atoms with Crippen LogP contribution in [0, 0.1) is 0 Å². The molecule has 7 heteroatoms. The van der Waals surface area contributed by atoms with E-state index in [4.69, 9.17) is 21.1 Å². The van der Waals surface area contributed by atoms with Gasteiger partial charge in [-0.05, 0) is 26.0 Å². The molecular weight excluding hydrogens is 344 g/mol. The summed E-state index contributed by atoms with van der Waals surface area (Å²) in [6.45, 7) is 0.835. The Bertz CT molecular complexity index is 576. The number of benzene rings is 1. The van der Waals surface area contributed by atoms with E-state index in [-0.39, 0.29) is 6.61 Å². The van der Waals surface area contributed by atoms with Crippen molar-refractivity contribution in [1.82, 2.24) is 4.90 Å². The van der Waals surface area contributed by atoms with Crippen LogP contribution in [0.15, 0.2) is 12.1 Å². The van der Waals surface area contributed by atoms with Gasteiger partial charge in [0, 0.05) is 24.2 Å². The van der Waals surface area contributed by atoms with Crippen LogP contribution in [-0.2, 0) is 11.3 Å². The monoisotopic (exact) mass is 370 g/mol. The Morgan fingerprint density at radius 3 is 2.72 bits per heavy atom. The number of aliphatic hydroxyl groups is 1. The van der Waals surface area contributed by atoms with Crippen molar-refractivity contribution in [2.45, 2.75) is 44.8 Å². The molecule has 1 aromatic rings. The summed E-state index contributed by atoms with van der Waals surface area (Å²) in [6.07, 6.45) is 5.76. The maximum absolute atomic E-state index is 12.0. The van der Waals surface area contributed by atoms with Crippen LogP contribution in [0.3, 0.4) is 0 Å². The quantitative estimate of drug-likeness (QED) is 0.766. The van der Waals surface area contributed by atoms with Gasteiger partial charge >= 0.3 is 6.09 Å². The number of aliphatic hydroxyl groups excluding tert-OH is 1. The molecule has 0 bridgehead atoms. The summed E-state index contributed by atoms with van der Waals surface area (Å²) < 4.78 is 10.4. The highest BCUT2D eigenvalue weighted by molar-refractivity contribution is 6.33. The first kappa shape index (κ1) is 19.8. The normalized spacial score (nSPS) is 15.2. The van der Waals surface area contributed by atoms with Gasteiger partial charge in [-0.15, -0.1) is 0 Å². The second-order valence-corrected chi connectivity index (χ2v) is 6.74. The standard InChI is InChI=1S/C18H27ClN2O4/c1-21(14-6-4-3-5-7-14)8-9-25-18(23)20-16-11-17(24-2)13(12-22)10-15(16)19/h10-11,14,22H,3-9,12H2,1-2H3,(H,20,23). The summed E-state index contributed by atoms with van der Waals surface area (Å²) in [6, 6.07) is 3.72. The molecule has 0 heterocycles. The van der Waals surface area contributed by atoms with Gasteiger partial charge in [0.15, 0.2) is 0 Å². The average Bonchev–Trinajstić information content (AvgIpc) is 2.63. The van der Waals surface area contributed by atoms with Gasteiger partial charge in [-0.3, -0.25) is 5.32 Å². The number of rotatable bonds is 7. The Balaban J connectivity index is 1.81. The predicted octanol–water partition coefficient (Wildman–Crippen LogP) is 3.65. The molecule has 140 valence electrons. The average molecular weight is 371 g/mol. The molecule has 0 saturated heterocycles. The minimum Gasteiger partial charge on any atom is -0.496 e. The largest absolute Gasteiger partial charge is 0.496 e. The molecule has 1 fully saturated rings. The minimum atomic E-state index is -0.558. The van der Waals surface area contributed by atoms with Crippen LogP contribution in [0.1, 0.15) is 37.7 Å². The molecule has 1 aromatic carbocycles. The Hall–Kier alpha value is -1.50. The van der Waals surface area contributed by atoms with Crippen LogP contribution in [0.25, 0.3) is 0 Å². The number of nitrogens with zero attached hydrogens (tertiary/aromatic N) is 1. The van der Waals surface area contributed by atoms with Crippen LogP contribution in [0.2, 0.25) is 5.02 Å². The van der Waals surface area contributed by atoms with Crippen molar-refractivity contribution in [1.29, 1.82) is 0 Å². The third kappa shape index (κ3) is 5.76. The highest BCUT2D eigenvalue weighted by atomic mass is 35.5. The number of ether oxygens (including phenoxy) is 2. The van der Waals surface area contributed by atoms with Crippen molar-refractivity contribution in [3.63, 3.8) is 0 Å². The Labute approximate surface area is 154 Å². The Morgan fingerprint density at radius 2 is 2.08 bits per heavy atom. The molecule has 25 heavy (non-hydrogen) atoms. The lowest BCUT2D eigenvalue weighted by atomic mass is 9.94. The number of carbonyl (C=O) groups is 1. The van der Waals surface area contributed by atoms with E-state index in [1.165, 1.54) is 39.2 Å². The summed E-state index contributed by atoms with van der Waals surface area (Å²) in [7, 11) is 3.57. The van der Waals surface area contributed by atoms with E-state index in [9.17, 15) is 9.90 Å². The van der Waals surface area contributed by atoms with Crippen molar-refractivity contribution in [3.05, 3.63) is 22.7 Å². The molecule has 1 aliphatic rings. The first-order valence-corrected chi connectivity index (χ1v) is 9.04. The molecule has 1 saturated carbocycles. The highest BCUT2D eigenvalue weighted by Crippen LogP contribution is 2.31. The maximum atomic E-state index is 12.0. The van der Waals surface area contributed by atoms with Crippen LogP contribution in [0.5, 0.6) is 5.75 Å². The van der Waals surface area contributed by atoms with E-state index in [0.717, 1.165) is 0 Å². The van der Waals surface area contributed by atoms with Crippen LogP contribution < -0.4 is 10.1 Å². The van der Waals surface area contributed by atoms with Crippen LogP contribution >= 0.6 is 11.6 Å². The van der Waals surface area contributed by atoms with Gasteiger partial charge in [0.25, 0.3) is 0 Å². The summed E-state index contributed by atoms with van der Waals surface area (Å²) >= 11 is 6.12. The summed E-state index contributed by atoms with van der Waals surface area (Å²) in [5.74, 6) is 0.458.